The fraction of sp³-hybridized carbons (Fsp3) is 0.269. The zero-order valence-corrected chi connectivity index (χ0v) is 18.2. The number of fused-ring (bicyclic) bond motifs is 1. The lowest BCUT2D eigenvalue weighted by molar-refractivity contribution is -0.117. The number of nitrogens with zero attached hydrogens (tertiary/aromatic N) is 3. The van der Waals surface area contributed by atoms with Crippen LogP contribution in [0.2, 0.25) is 0 Å². The number of carbonyl (C=O) groups excluding carboxylic acids is 2. The molecule has 0 saturated heterocycles. The number of carbonyl (C=O) groups is 2. The molecule has 1 aliphatic rings. The van der Waals surface area contributed by atoms with E-state index < -0.39 is 0 Å². The first kappa shape index (κ1) is 20.8. The van der Waals surface area contributed by atoms with Crippen molar-refractivity contribution >= 4 is 23.2 Å². The minimum atomic E-state index is -0.140. The molecule has 2 atom stereocenters. The van der Waals surface area contributed by atoms with Crippen molar-refractivity contribution in [3.05, 3.63) is 89.7 Å². The van der Waals surface area contributed by atoms with Crippen molar-refractivity contribution in [3.8, 4) is 0 Å². The summed E-state index contributed by atoms with van der Waals surface area (Å²) in [5.74, 6) is -0.0516. The van der Waals surface area contributed by atoms with Crippen LogP contribution in [-0.4, -0.2) is 22.8 Å². The van der Waals surface area contributed by atoms with E-state index >= 15 is 0 Å². The van der Waals surface area contributed by atoms with Crippen LogP contribution in [0.25, 0.3) is 0 Å². The molecule has 158 valence electrons. The minimum Gasteiger partial charge on any atom is -0.305 e. The maximum atomic E-state index is 13.5. The van der Waals surface area contributed by atoms with E-state index in [2.05, 4.69) is 4.98 Å². The van der Waals surface area contributed by atoms with Crippen molar-refractivity contribution in [2.45, 2.75) is 45.7 Å². The number of pyridine rings is 1. The number of amides is 2. The first-order valence-electron chi connectivity index (χ1n) is 10.7. The van der Waals surface area contributed by atoms with E-state index in [-0.39, 0.29) is 23.9 Å². The second kappa shape index (κ2) is 8.72. The third kappa shape index (κ3) is 3.96. The molecule has 2 amide bonds. The van der Waals surface area contributed by atoms with Gasteiger partial charge in [-0.15, -0.1) is 0 Å². The molecule has 2 aromatic carbocycles. The maximum Gasteiger partial charge on any atom is 0.258 e. The first-order chi connectivity index (χ1) is 15.0. The van der Waals surface area contributed by atoms with Gasteiger partial charge in [0.25, 0.3) is 5.91 Å². The Bertz CT molecular complexity index is 1100. The molecule has 0 spiro atoms. The van der Waals surface area contributed by atoms with Crippen LogP contribution in [0.15, 0.2) is 72.9 Å². The van der Waals surface area contributed by atoms with Crippen LogP contribution in [0.1, 0.15) is 54.8 Å². The first-order valence-corrected chi connectivity index (χ1v) is 10.7. The molecular formula is C26H27N3O2. The third-order valence-corrected chi connectivity index (χ3v) is 5.89. The lowest BCUT2D eigenvalue weighted by atomic mass is 9.89. The molecule has 0 unspecified atom stereocenters. The van der Waals surface area contributed by atoms with E-state index in [1.54, 1.807) is 19.2 Å². The molecule has 5 heteroatoms. The fourth-order valence-electron chi connectivity index (χ4n) is 4.45. The number of hydrogen-bond acceptors (Lipinski definition) is 3. The molecule has 0 bridgehead atoms. The summed E-state index contributed by atoms with van der Waals surface area (Å²) in [6.07, 6.45) is 3.13. The molecule has 1 aromatic heterocycles. The van der Waals surface area contributed by atoms with Crippen LogP contribution in [0.5, 0.6) is 0 Å². The normalized spacial score (nSPS) is 17.7. The topological polar surface area (TPSA) is 53.5 Å². The predicted octanol–water partition coefficient (Wildman–Crippen LogP) is 5.18. The number of hydrogen-bond donors (Lipinski definition) is 0. The molecule has 3 aromatic rings. The molecular weight excluding hydrogens is 386 g/mol. The minimum absolute atomic E-state index is 0.0142. The molecule has 0 aliphatic carbocycles. The average molecular weight is 414 g/mol. The Morgan fingerprint density at radius 2 is 1.77 bits per heavy atom. The zero-order valence-electron chi connectivity index (χ0n) is 18.2. The van der Waals surface area contributed by atoms with Crippen LogP contribution < -0.4 is 9.80 Å². The van der Waals surface area contributed by atoms with Gasteiger partial charge in [-0.2, -0.15) is 0 Å². The van der Waals surface area contributed by atoms with E-state index in [0.29, 0.717) is 12.0 Å². The smallest absolute Gasteiger partial charge is 0.258 e. The van der Waals surface area contributed by atoms with Gasteiger partial charge in [0.15, 0.2) is 0 Å². The van der Waals surface area contributed by atoms with Gasteiger partial charge in [-0.3, -0.25) is 14.6 Å². The number of aryl methyl sites for hydroxylation is 1. The van der Waals surface area contributed by atoms with Gasteiger partial charge in [0, 0.05) is 41.8 Å². The number of aromatic nitrogens is 1. The monoisotopic (exact) mass is 413 g/mol. The average Bonchev–Trinajstić information content (AvgIpc) is 2.79. The third-order valence-electron chi connectivity index (χ3n) is 5.89. The Labute approximate surface area is 183 Å². The van der Waals surface area contributed by atoms with Crippen LogP contribution in [0, 0.1) is 0 Å². The standard InChI is InChI=1S/C26H27N3O2/c1-4-21-17-20(14-15-27-21)26(31)28-18(2)16-25(23-12-8-9-13-24(23)28)29(19(3)30)22-10-6-5-7-11-22/h5-15,17-18,25H,4,16H2,1-3H3/t18-,25+/m1/s1. The van der Waals surface area contributed by atoms with Crippen molar-refractivity contribution in [1.82, 2.24) is 4.98 Å². The summed E-state index contributed by atoms with van der Waals surface area (Å²) in [7, 11) is 0. The van der Waals surface area contributed by atoms with E-state index in [4.69, 9.17) is 0 Å². The SMILES string of the molecule is CCc1cc(C(=O)N2c3ccccc3[C@@H](N(C(C)=O)c3ccccc3)C[C@H]2C)ccn1. The summed E-state index contributed by atoms with van der Waals surface area (Å²) in [5.41, 5.74) is 4.24. The number of rotatable bonds is 4. The maximum absolute atomic E-state index is 13.5. The number of benzene rings is 2. The second-order valence-corrected chi connectivity index (χ2v) is 7.95. The molecule has 0 fully saturated rings. The van der Waals surface area contributed by atoms with Gasteiger partial charge in [-0.05, 0) is 55.7 Å². The fourth-order valence-corrected chi connectivity index (χ4v) is 4.45. The van der Waals surface area contributed by atoms with E-state index in [1.807, 2.05) is 84.3 Å². The second-order valence-electron chi connectivity index (χ2n) is 7.95. The van der Waals surface area contributed by atoms with Crippen molar-refractivity contribution < 1.29 is 9.59 Å². The highest BCUT2D eigenvalue weighted by molar-refractivity contribution is 6.07. The van der Waals surface area contributed by atoms with Crippen molar-refractivity contribution in [2.75, 3.05) is 9.80 Å². The van der Waals surface area contributed by atoms with Crippen LogP contribution in [0.3, 0.4) is 0 Å². The van der Waals surface area contributed by atoms with Gasteiger partial charge in [0.2, 0.25) is 5.91 Å². The highest BCUT2D eigenvalue weighted by atomic mass is 16.2. The summed E-state index contributed by atoms with van der Waals surface area (Å²) in [4.78, 5) is 34.3. The van der Waals surface area contributed by atoms with Crippen molar-refractivity contribution in [2.24, 2.45) is 0 Å². The highest BCUT2D eigenvalue weighted by Crippen LogP contribution is 2.42. The van der Waals surface area contributed by atoms with Crippen LogP contribution >= 0.6 is 0 Å². The summed E-state index contributed by atoms with van der Waals surface area (Å²) in [5, 5.41) is 0. The zero-order chi connectivity index (χ0) is 22.0. The Kier molecular flexibility index (Phi) is 5.85. The van der Waals surface area contributed by atoms with Crippen LogP contribution in [-0.2, 0) is 11.2 Å². The summed E-state index contributed by atoms with van der Waals surface area (Å²) >= 11 is 0. The van der Waals surface area contributed by atoms with Gasteiger partial charge >= 0.3 is 0 Å². The van der Waals surface area contributed by atoms with E-state index in [0.717, 1.165) is 29.1 Å². The van der Waals surface area contributed by atoms with E-state index in [1.165, 1.54) is 0 Å². The Hall–Kier alpha value is -3.47. The Morgan fingerprint density at radius 1 is 1.06 bits per heavy atom. The molecule has 0 radical (unpaired) electrons. The lowest BCUT2D eigenvalue weighted by Gasteiger charge is -2.43. The molecule has 0 saturated carbocycles. The quantitative estimate of drug-likeness (QED) is 0.592. The van der Waals surface area contributed by atoms with Gasteiger partial charge in [-0.1, -0.05) is 43.3 Å². The summed E-state index contributed by atoms with van der Waals surface area (Å²) in [6.45, 7) is 5.67. The van der Waals surface area contributed by atoms with Gasteiger partial charge in [0.1, 0.15) is 0 Å². The Morgan fingerprint density at radius 3 is 2.48 bits per heavy atom. The van der Waals surface area contributed by atoms with Gasteiger partial charge in [-0.25, -0.2) is 0 Å². The summed E-state index contributed by atoms with van der Waals surface area (Å²) < 4.78 is 0. The van der Waals surface area contributed by atoms with Gasteiger partial charge < -0.3 is 9.80 Å². The molecule has 1 aliphatic heterocycles. The Balaban J connectivity index is 1.77. The molecule has 2 heterocycles. The lowest BCUT2D eigenvalue weighted by Crippen LogP contribution is -2.47. The van der Waals surface area contributed by atoms with Crippen LogP contribution in [0.4, 0.5) is 11.4 Å². The molecule has 0 N–H and O–H groups in total. The predicted molar refractivity (Wildman–Crippen MR) is 123 cm³/mol. The van der Waals surface area contributed by atoms with Gasteiger partial charge in [0.05, 0.1) is 6.04 Å². The highest BCUT2D eigenvalue weighted by Gasteiger charge is 2.38. The molecule has 5 nitrogen and oxygen atoms in total. The molecule has 4 rings (SSSR count). The number of para-hydroxylation sites is 2. The van der Waals surface area contributed by atoms with Crippen molar-refractivity contribution in [1.29, 1.82) is 0 Å². The van der Waals surface area contributed by atoms with Crippen molar-refractivity contribution in [3.63, 3.8) is 0 Å². The largest absolute Gasteiger partial charge is 0.305 e. The number of anilines is 2. The molecule has 31 heavy (non-hydrogen) atoms. The van der Waals surface area contributed by atoms with E-state index in [9.17, 15) is 9.59 Å². The summed E-state index contributed by atoms with van der Waals surface area (Å²) in [6, 6.07) is 21.1.